The number of hydrogen-bond donors (Lipinski definition) is 1. The molecule has 24 heavy (non-hydrogen) atoms. The fraction of sp³-hybridized carbons (Fsp3) is 0.650. The molecule has 0 spiro atoms. The average Bonchev–Trinajstić information content (AvgIpc) is 2.95. The smallest absolute Gasteiger partial charge is 0.336 e. The Labute approximate surface area is 150 Å². The standard InChI is InChI=1S/C20H32O3S/c1-5-12-23-13-8-9-16(6-2)10-11-17(7-3)19-15(4)18(14-24-19)20(21)22/h7,14,16H,5-6,8-13H2,1-4H3,(H,21,22). The number of ether oxygens (including phenoxy) is 1. The number of hydrogen-bond acceptors (Lipinski definition) is 3. The summed E-state index contributed by atoms with van der Waals surface area (Å²) in [7, 11) is 0. The number of carboxylic acids is 1. The molecule has 0 aliphatic carbocycles. The SMILES string of the molecule is CC=C(CCC(CC)CCCOCCC)c1scc(C(=O)O)c1C. The quantitative estimate of drug-likeness (QED) is 0.457. The summed E-state index contributed by atoms with van der Waals surface area (Å²) in [6.45, 7) is 10.1. The lowest BCUT2D eigenvalue weighted by Gasteiger charge is -2.16. The molecule has 1 aromatic rings. The molecule has 0 fully saturated rings. The molecule has 0 radical (unpaired) electrons. The molecular formula is C20H32O3S. The fourth-order valence-corrected chi connectivity index (χ4v) is 4.14. The Bertz CT molecular complexity index is 531. The lowest BCUT2D eigenvalue weighted by molar-refractivity contribution is 0.0696. The summed E-state index contributed by atoms with van der Waals surface area (Å²) in [6.07, 6.45) is 8.93. The molecule has 1 aromatic heterocycles. The Morgan fingerprint density at radius 1 is 1.33 bits per heavy atom. The van der Waals surface area contributed by atoms with Gasteiger partial charge in [-0.2, -0.15) is 0 Å². The molecular weight excluding hydrogens is 320 g/mol. The van der Waals surface area contributed by atoms with Crippen LogP contribution in [-0.4, -0.2) is 24.3 Å². The summed E-state index contributed by atoms with van der Waals surface area (Å²) < 4.78 is 5.57. The van der Waals surface area contributed by atoms with Crippen LogP contribution in [0.5, 0.6) is 0 Å². The highest BCUT2D eigenvalue weighted by Crippen LogP contribution is 2.33. The van der Waals surface area contributed by atoms with Crippen molar-refractivity contribution in [2.75, 3.05) is 13.2 Å². The van der Waals surface area contributed by atoms with Gasteiger partial charge in [0.2, 0.25) is 0 Å². The molecule has 1 unspecified atom stereocenters. The largest absolute Gasteiger partial charge is 0.478 e. The van der Waals surface area contributed by atoms with Gasteiger partial charge in [-0.3, -0.25) is 0 Å². The zero-order chi connectivity index (χ0) is 17.9. The lowest BCUT2D eigenvalue weighted by atomic mass is 9.92. The van der Waals surface area contributed by atoms with Crippen LogP contribution in [0.2, 0.25) is 0 Å². The number of rotatable bonds is 12. The van der Waals surface area contributed by atoms with Crippen LogP contribution in [0.3, 0.4) is 0 Å². The third kappa shape index (κ3) is 6.40. The van der Waals surface area contributed by atoms with Crippen molar-refractivity contribution in [3.05, 3.63) is 27.5 Å². The van der Waals surface area contributed by atoms with Gasteiger partial charge in [-0.1, -0.05) is 26.3 Å². The van der Waals surface area contributed by atoms with E-state index in [9.17, 15) is 9.90 Å². The predicted octanol–water partition coefficient (Wildman–Crippen LogP) is 6.17. The van der Waals surface area contributed by atoms with E-state index in [1.165, 1.54) is 18.4 Å². The first-order chi connectivity index (χ1) is 11.5. The van der Waals surface area contributed by atoms with E-state index in [1.54, 1.807) is 16.7 Å². The molecule has 0 saturated carbocycles. The zero-order valence-electron chi connectivity index (χ0n) is 15.6. The van der Waals surface area contributed by atoms with Gasteiger partial charge in [-0.05, 0) is 63.0 Å². The molecule has 1 atom stereocenters. The van der Waals surface area contributed by atoms with Crippen molar-refractivity contribution >= 4 is 22.9 Å². The van der Waals surface area contributed by atoms with Crippen molar-refractivity contribution in [1.29, 1.82) is 0 Å². The highest BCUT2D eigenvalue weighted by atomic mass is 32.1. The molecule has 0 aliphatic heterocycles. The van der Waals surface area contributed by atoms with Crippen LogP contribution in [0.1, 0.15) is 80.1 Å². The summed E-state index contributed by atoms with van der Waals surface area (Å²) in [5.41, 5.74) is 2.63. The molecule has 0 saturated heterocycles. The number of carbonyl (C=O) groups is 1. The summed E-state index contributed by atoms with van der Waals surface area (Å²) >= 11 is 1.55. The third-order valence-electron chi connectivity index (χ3n) is 4.56. The highest BCUT2D eigenvalue weighted by molar-refractivity contribution is 7.11. The van der Waals surface area contributed by atoms with Gasteiger partial charge in [0.15, 0.2) is 0 Å². The van der Waals surface area contributed by atoms with Crippen molar-refractivity contribution in [1.82, 2.24) is 0 Å². The van der Waals surface area contributed by atoms with Gasteiger partial charge >= 0.3 is 5.97 Å². The van der Waals surface area contributed by atoms with Gasteiger partial charge in [0.05, 0.1) is 5.56 Å². The minimum Gasteiger partial charge on any atom is -0.478 e. The second kappa shape index (κ2) is 11.4. The molecule has 0 aromatic carbocycles. The van der Waals surface area contributed by atoms with Crippen molar-refractivity contribution in [3.63, 3.8) is 0 Å². The normalized spacial score (nSPS) is 13.2. The molecule has 0 bridgehead atoms. The van der Waals surface area contributed by atoms with Gasteiger partial charge in [0, 0.05) is 23.5 Å². The first kappa shape index (κ1) is 20.9. The van der Waals surface area contributed by atoms with Crippen LogP contribution < -0.4 is 0 Å². The number of thiophene rings is 1. The van der Waals surface area contributed by atoms with Crippen molar-refractivity contribution in [2.45, 2.75) is 66.2 Å². The molecule has 1 N–H and O–H groups in total. The summed E-state index contributed by atoms with van der Waals surface area (Å²) in [4.78, 5) is 12.4. The third-order valence-corrected chi connectivity index (χ3v) is 5.72. The maximum absolute atomic E-state index is 11.2. The molecule has 4 heteroatoms. The van der Waals surface area contributed by atoms with Crippen LogP contribution in [0, 0.1) is 12.8 Å². The van der Waals surface area contributed by atoms with Crippen molar-refractivity contribution < 1.29 is 14.6 Å². The maximum Gasteiger partial charge on any atom is 0.336 e. The predicted molar refractivity (Wildman–Crippen MR) is 103 cm³/mol. The maximum atomic E-state index is 11.2. The second-order valence-corrected chi connectivity index (χ2v) is 7.17. The van der Waals surface area contributed by atoms with Gasteiger partial charge in [0.1, 0.15) is 0 Å². The van der Waals surface area contributed by atoms with Crippen LogP contribution in [-0.2, 0) is 4.74 Å². The average molecular weight is 353 g/mol. The van der Waals surface area contributed by atoms with Crippen LogP contribution in [0.15, 0.2) is 11.5 Å². The number of allylic oxidation sites excluding steroid dienone is 2. The van der Waals surface area contributed by atoms with Crippen LogP contribution in [0.4, 0.5) is 0 Å². The van der Waals surface area contributed by atoms with E-state index in [0.717, 1.165) is 49.3 Å². The minimum atomic E-state index is -0.830. The molecule has 3 nitrogen and oxygen atoms in total. The Morgan fingerprint density at radius 2 is 2.08 bits per heavy atom. The van der Waals surface area contributed by atoms with Gasteiger partial charge in [0.25, 0.3) is 0 Å². The van der Waals surface area contributed by atoms with E-state index in [2.05, 4.69) is 26.8 Å². The Kier molecular flexibility index (Phi) is 9.96. The van der Waals surface area contributed by atoms with E-state index in [1.807, 2.05) is 6.92 Å². The van der Waals surface area contributed by atoms with Crippen LogP contribution in [0.25, 0.3) is 5.57 Å². The van der Waals surface area contributed by atoms with Gasteiger partial charge < -0.3 is 9.84 Å². The number of carboxylic acid groups (broad SMARTS) is 1. The van der Waals surface area contributed by atoms with Crippen molar-refractivity contribution in [3.8, 4) is 0 Å². The monoisotopic (exact) mass is 352 g/mol. The molecule has 0 aliphatic rings. The summed E-state index contributed by atoms with van der Waals surface area (Å²) in [5.74, 6) is -0.117. The lowest BCUT2D eigenvalue weighted by Crippen LogP contribution is -2.03. The Balaban J connectivity index is 2.54. The van der Waals surface area contributed by atoms with E-state index in [0.29, 0.717) is 11.5 Å². The second-order valence-electron chi connectivity index (χ2n) is 6.29. The van der Waals surface area contributed by atoms with Gasteiger partial charge in [-0.25, -0.2) is 4.79 Å². The topological polar surface area (TPSA) is 46.5 Å². The summed E-state index contributed by atoms with van der Waals surface area (Å²) in [6, 6.07) is 0. The first-order valence-corrected chi connectivity index (χ1v) is 9.97. The molecule has 136 valence electrons. The van der Waals surface area contributed by atoms with Crippen LogP contribution >= 0.6 is 11.3 Å². The van der Waals surface area contributed by atoms with E-state index in [-0.39, 0.29) is 0 Å². The zero-order valence-corrected chi connectivity index (χ0v) is 16.4. The molecule has 0 amide bonds. The Hall–Kier alpha value is -1.13. The van der Waals surface area contributed by atoms with Gasteiger partial charge in [-0.15, -0.1) is 11.3 Å². The van der Waals surface area contributed by atoms with Crippen molar-refractivity contribution in [2.24, 2.45) is 5.92 Å². The summed E-state index contributed by atoms with van der Waals surface area (Å²) in [5, 5.41) is 11.0. The van der Waals surface area contributed by atoms with E-state index >= 15 is 0 Å². The minimum absolute atomic E-state index is 0.439. The number of aromatic carboxylic acids is 1. The molecule has 1 heterocycles. The Morgan fingerprint density at radius 3 is 2.62 bits per heavy atom. The van der Waals surface area contributed by atoms with E-state index in [4.69, 9.17) is 4.74 Å². The molecule has 1 rings (SSSR count). The highest BCUT2D eigenvalue weighted by Gasteiger charge is 2.16. The van der Waals surface area contributed by atoms with E-state index < -0.39 is 5.97 Å². The fourth-order valence-electron chi connectivity index (χ4n) is 2.97. The first-order valence-electron chi connectivity index (χ1n) is 9.09.